The molecule has 0 aliphatic carbocycles. The molecule has 1 aliphatic heterocycles. The third-order valence-electron chi connectivity index (χ3n) is 3.73. The summed E-state index contributed by atoms with van der Waals surface area (Å²) in [5.41, 5.74) is 0.509. The van der Waals surface area contributed by atoms with E-state index in [-0.39, 0.29) is 22.1 Å². The lowest BCUT2D eigenvalue weighted by atomic mass is 10.1. The Labute approximate surface area is 158 Å². The summed E-state index contributed by atoms with van der Waals surface area (Å²) in [5.74, 6) is 0.315. The van der Waals surface area contributed by atoms with Gasteiger partial charge in [-0.3, -0.25) is 4.79 Å². The highest BCUT2D eigenvalue weighted by atomic mass is 35.5. The van der Waals surface area contributed by atoms with Crippen LogP contribution in [-0.2, 0) is 0 Å². The van der Waals surface area contributed by atoms with Crippen molar-refractivity contribution < 1.29 is 32.5 Å². The van der Waals surface area contributed by atoms with Gasteiger partial charge in [-0.25, -0.2) is 0 Å². The Morgan fingerprint density at radius 2 is 1.85 bits per heavy atom. The number of anilines is 1. The number of hydrogen-bond acceptors (Lipinski definition) is 5. The molecule has 0 bridgehead atoms. The van der Waals surface area contributed by atoms with Crippen molar-refractivity contribution in [2.24, 2.45) is 0 Å². The highest BCUT2D eigenvalue weighted by Crippen LogP contribution is 2.38. The first-order valence-corrected chi connectivity index (χ1v) is 8.39. The molecule has 0 aromatic heterocycles. The van der Waals surface area contributed by atoms with Crippen molar-refractivity contribution in [1.82, 2.24) is 0 Å². The monoisotopic (exact) mass is 399 g/mol. The first-order chi connectivity index (χ1) is 13.0. The lowest BCUT2D eigenvalue weighted by Crippen LogP contribution is -2.13. The second-order valence-electron chi connectivity index (χ2n) is 5.53. The topological polar surface area (TPSA) is 66.0 Å². The maximum atomic E-state index is 12.5. The third-order valence-corrected chi connectivity index (χ3v) is 4.04. The Balaban J connectivity index is 1.82. The van der Waals surface area contributed by atoms with Crippen LogP contribution < -0.4 is 24.3 Å². The number of methoxy groups -OCH3 is 1. The number of fused-ring (bicyclic) bond motifs is 1. The number of alkyl halides is 2. The van der Waals surface area contributed by atoms with Gasteiger partial charge < -0.3 is 24.3 Å². The van der Waals surface area contributed by atoms with E-state index in [0.717, 1.165) is 6.42 Å². The normalized spacial score (nSPS) is 13.1. The average molecular weight is 400 g/mol. The fraction of sp³-hybridized carbons (Fsp3) is 0.278. The zero-order chi connectivity index (χ0) is 19.4. The summed E-state index contributed by atoms with van der Waals surface area (Å²) in [5, 5.41) is 2.93. The maximum Gasteiger partial charge on any atom is 0.387 e. The van der Waals surface area contributed by atoms with Crippen molar-refractivity contribution in [3.63, 3.8) is 0 Å². The van der Waals surface area contributed by atoms with Gasteiger partial charge in [0.2, 0.25) is 0 Å². The van der Waals surface area contributed by atoms with E-state index in [9.17, 15) is 13.6 Å². The van der Waals surface area contributed by atoms with Crippen LogP contribution in [0.1, 0.15) is 16.8 Å². The molecule has 2 aromatic rings. The number of carbonyl (C=O) groups excluding carboxylic acids is 1. The molecule has 1 amide bonds. The van der Waals surface area contributed by atoms with Gasteiger partial charge in [-0.05, 0) is 18.2 Å². The summed E-state index contributed by atoms with van der Waals surface area (Å²) >= 11 is 6.21. The van der Waals surface area contributed by atoms with E-state index in [1.807, 2.05) is 0 Å². The van der Waals surface area contributed by atoms with Gasteiger partial charge in [0, 0.05) is 24.1 Å². The molecule has 1 N–H and O–H groups in total. The molecule has 27 heavy (non-hydrogen) atoms. The number of nitrogens with one attached hydrogen (secondary N) is 1. The predicted molar refractivity (Wildman–Crippen MR) is 94.6 cm³/mol. The average Bonchev–Trinajstić information content (AvgIpc) is 2.86. The largest absolute Gasteiger partial charge is 0.493 e. The quantitative estimate of drug-likeness (QED) is 0.809. The van der Waals surface area contributed by atoms with Crippen molar-refractivity contribution in [1.29, 1.82) is 0 Å². The van der Waals surface area contributed by atoms with Gasteiger partial charge in [0.05, 0.1) is 31.0 Å². The second-order valence-corrected chi connectivity index (χ2v) is 5.93. The van der Waals surface area contributed by atoms with Crippen molar-refractivity contribution >= 4 is 23.2 Å². The molecule has 0 unspecified atom stereocenters. The summed E-state index contributed by atoms with van der Waals surface area (Å²) in [6.45, 7) is -1.99. The minimum Gasteiger partial charge on any atom is -0.493 e. The molecule has 0 saturated carbocycles. The highest BCUT2D eigenvalue weighted by Gasteiger charge is 2.18. The number of halogens is 3. The molecule has 0 atom stereocenters. The summed E-state index contributed by atoms with van der Waals surface area (Å²) < 4.78 is 45.3. The van der Waals surface area contributed by atoms with Crippen molar-refractivity contribution in [3.8, 4) is 23.0 Å². The Morgan fingerprint density at radius 3 is 2.52 bits per heavy atom. The van der Waals surface area contributed by atoms with Crippen LogP contribution in [0.3, 0.4) is 0 Å². The van der Waals surface area contributed by atoms with Gasteiger partial charge in [0.15, 0.2) is 23.0 Å². The molecule has 1 heterocycles. The van der Waals surface area contributed by atoms with E-state index in [1.165, 1.54) is 25.3 Å². The van der Waals surface area contributed by atoms with Crippen LogP contribution in [0.4, 0.5) is 14.5 Å². The molecule has 0 saturated heterocycles. The number of rotatable bonds is 5. The number of hydrogen-bond donors (Lipinski definition) is 1. The Kier molecular flexibility index (Phi) is 5.85. The molecule has 0 radical (unpaired) electrons. The zero-order valence-corrected chi connectivity index (χ0v) is 15.0. The van der Waals surface area contributed by atoms with E-state index < -0.39 is 12.5 Å². The molecule has 3 rings (SSSR count). The Hall–Kier alpha value is -2.74. The van der Waals surface area contributed by atoms with E-state index in [0.29, 0.717) is 30.4 Å². The summed E-state index contributed by atoms with van der Waals surface area (Å²) in [7, 11) is 1.29. The van der Waals surface area contributed by atoms with Crippen molar-refractivity contribution in [3.05, 3.63) is 40.9 Å². The molecule has 1 aliphatic rings. The van der Waals surface area contributed by atoms with Gasteiger partial charge in [-0.1, -0.05) is 11.6 Å². The predicted octanol–water partition coefficient (Wildman–Crippen LogP) is 4.36. The third kappa shape index (κ3) is 4.51. The van der Waals surface area contributed by atoms with E-state index in [1.54, 1.807) is 12.1 Å². The van der Waals surface area contributed by atoms with Crippen LogP contribution in [-0.4, -0.2) is 32.8 Å². The second kappa shape index (κ2) is 8.30. The van der Waals surface area contributed by atoms with Crippen LogP contribution >= 0.6 is 11.6 Å². The lowest BCUT2D eigenvalue weighted by Gasteiger charge is -2.14. The molecule has 144 valence electrons. The first kappa shape index (κ1) is 19.0. The van der Waals surface area contributed by atoms with E-state index in [4.69, 9.17) is 25.8 Å². The highest BCUT2D eigenvalue weighted by molar-refractivity contribution is 6.34. The van der Waals surface area contributed by atoms with Crippen molar-refractivity contribution in [2.75, 3.05) is 25.6 Å². The van der Waals surface area contributed by atoms with Gasteiger partial charge in [0.25, 0.3) is 5.91 Å². The molecule has 6 nitrogen and oxygen atoms in total. The molecular weight excluding hydrogens is 384 g/mol. The standard InChI is InChI=1S/C18H16ClF2NO5/c1-24-14-7-10(3-4-13(14)27-18(20)21)17(23)22-12-9-16-15(8-11(12)19)25-5-2-6-26-16/h3-4,7-9,18H,2,5-6H2,1H3,(H,22,23). The van der Waals surface area contributed by atoms with E-state index in [2.05, 4.69) is 10.1 Å². The van der Waals surface area contributed by atoms with Crippen LogP contribution in [0.15, 0.2) is 30.3 Å². The zero-order valence-electron chi connectivity index (χ0n) is 14.3. The van der Waals surface area contributed by atoms with E-state index >= 15 is 0 Å². The lowest BCUT2D eigenvalue weighted by molar-refractivity contribution is -0.0512. The van der Waals surface area contributed by atoms with Crippen LogP contribution in [0.25, 0.3) is 0 Å². The minimum atomic E-state index is -3.00. The van der Waals surface area contributed by atoms with Gasteiger partial charge in [-0.15, -0.1) is 0 Å². The van der Waals surface area contributed by atoms with Crippen LogP contribution in [0.5, 0.6) is 23.0 Å². The smallest absolute Gasteiger partial charge is 0.387 e. The Bertz CT molecular complexity index is 847. The number of ether oxygens (including phenoxy) is 4. The fourth-order valence-electron chi connectivity index (χ4n) is 2.48. The van der Waals surface area contributed by atoms with Gasteiger partial charge >= 0.3 is 6.61 Å². The van der Waals surface area contributed by atoms with Gasteiger partial charge in [-0.2, -0.15) is 8.78 Å². The van der Waals surface area contributed by atoms with Gasteiger partial charge in [0.1, 0.15) is 0 Å². The number of benzene rings is 2. The summed E-state index contributed by atoms with van der Waals surface area (Å²) in [4.78, 5) is 12.5. The minimum absolute atomic E-state index is 0.00714. The SMILES string of the molecule is COc1cc(C(=O)Nc2cc3c(cc2Cl)OCCCO3)ccc1OC(F)F. The fourth-order valence-corrected chi connectivity index (χ4v) is 2.68. The van der Waals surface area contributed by atoms with Crippen molar-refractivity contribution in [2.45, 2.75) is 13.0 Å². The van der Waals surface area contributed by atoms with Crippen LogP contribution in [0, 0.1) is 0 Å². The summed E-state index contributed by atoms with van der Waals surface area (Å²) in [6, 6.07) is 7.01. The number of amides is 1. The molecule has 9 heteroatoms. The maximum absolute atomic E-state index is 12.5. The molecule has 0 spiro atoms. The van der Waals surface area contributed by atoms with Crippen LogP contribution in [0.2, 0.25) is 5.02 Å². The Morgan fingerprint density at radius 1 is 1.15 bits per heavy atom. The molecule has 2 aromatic carbocycles. The number of carbonyl (C=O) groups is 1. The first-order valence-electron chi connectivity index (χ1n) is 8.01. The molecular formula is C18H16ClF2NO5. The molecule has 0 fully saturated rings. The summed E-state index contributed by atoms with van der Waals surface area (Å²) in [6.07, 6.45) is 0.737.